The largest absolute Gasteiger partial charge is 0.493 e. The monoisotopic (exact) mass is 307 g/mol. The molecule has 2 aliphatic rings. The fourth-order valence-corrected chi connectivity index (χ4v) is 4.22. The first kappa shape index (κ1) is 15.0. The van der Waals surface area contributed by atoms with Crippen LogP contribution >= 0.6 is 11.8 Å². The second-order valence-corrected chi connectivity index (χ2v) is 7.05. The molecule has 2 heterocycles. The van der Waals surface area contributed by atoms with E-state index in [1.165, 1.54) is 30.6 Å². The maximum atomic E-state index is 6.35. The molecule has 0 spiro atoms. The van der Waals surface area contributed by atoms with Gasteiger partial charge in [-0.05, 0) is 56.0 Å². The van der Waals surface area contributed by atoms with Crippen molar-refractivity contribution in [3.05, 3.63) is 23.8 Å². The van der Waals surface area contributed by atoms with E-state index in [9.17, 15) is 0 Å². The lowest BCUT2D eigenvalue weighted by molar-refractivity contribution is 0.200. The highest BCUT2D eigenvalue weighted by atomic mass is 32.2. The molecule has 2 saturated heterocycles. The highest BCUT2D eigenvalue weighted by molar-refractivity contribution is 7.99. The zero-order valence-electron chi connectivity index (χ0n) is 12.8. The van der Waals surface area contributed by atoms with Gasteiger partial charge in [-0.25, -0.2) is 0 Å². The van der Waals surface area contributed by atoms with Crippen molar-refractivity contribution in [2.75, 3.05) is 25.2 Å². The Morgan fingerprint density at radius 1 is 1.29 bits per heavy atom. The number of hydrogen-bond acceptors (Lipinski definition) is 4. The van der Waals surface area contributed by atoms with Crippen molar-refractivity contribution < 1.29 is 9.47 Å². The molecule has 21 heavy (non-hydrogen) atoms. The van der Waals surface area contributed by atoms with Gasteiger partial charge in [0.15, 0.2) is 11.5 Å². The Morgan fingerprint density at radius 2 is 2.24 bits per heavy atom. The van der Waals surface area contributed by atoms with E-state index in [4.69, 9.17) is 9.47 Å². The first-order valence-electron chi connectivity index (χ1n) is 8.00. The predicted molar refractivity (Wildman–Crippen MR) is 88.7 cm³/mol. The van der Waals surface area contributed by atoms with E-state index in [2.05, 4.69) is 17.4 Å². The number of ether oxygens (including phenoxy) is 2. The molecule has 4 heteroatoms. The molecule has 0 saturated carbocycles. The third kappa shape index (κ3) is 3.86. The lowest BCUT2D eigenvalue weighted by Crippen LogP contribution is -2.26. The van der Waals surface area contributed by atoms with Crippen molar-refractivity contribution in [1.29, 1.82) is 0 Å². The summed E-state index contributed by atoms with van der Waals surface area (Å²) in [5.41, 5.74) is 1.28. The van der Waals surface area contributed by atoms with E-state index in [1.54, 1.807) is 7.11 Å². The molecule has 2 atom stereocenters. The highest BCUT2D eigenvalue weighted by Gasteiger charge is 2.22. The van der Waals surface area contributed by atoms with Gasteiger partial charge in [0.1, 0.15) is 6.10 Å². The number of benzene rings is 1. The molecule has 3 rings (SSSR count). The zero-order chi connectivity index (χ0) is 14.5. The van der Waals surface area contributed by atoms with Crippen molar-refractivity contribution in [2.24, 2.45) is 0 Å². The van der Waals surface area contributed by atoms with Crippen LogP contribution in [0.1, 0.15) is 31.2 Å². The second-order valence-electron chi connectivity index (χ2n) is 5.90. The first-order valence-corrected chi connectivity index (χ1v) is 9.16. The Balaban J connectivity index is 1.77. The van der Waals surface area contributed by atoms with Gasteiger partial charge in [-0.3, -0.25) is 0 Å². The predicted octanol–water partition coefficient (Wildman–Crippen LogP) is 3.26. The molecule has 0 aliphatic carbocycles. The van der Waals surface area contributed by atoms with Crippen LogP contribution in [0.5, 0.6) is 11.5 Å². The molecule has 1 aromatic rings. The minimum absolute atomic E-state index is 0.329. The molecule has 2 unspecified atom stereocenters. The van der Waals surface area contributed by atoms with E-state index in [0.717, 1.165) is 36.6 Å². The van der Waals surface area contributed by atoms with E-state index < -0.39 is 0 Å². The number of nitrogens with one attached hydrogen (secondary N) is 1. The van der Waals surface area contributed by atoms with E-state index >= 15 is 0 Å². The Morgan fingerprint density at radius 3 is 2.95 bits per heavy atom. The normalized spacial score (nSPS) is 25.8. The fraction of sp³-hybridized carbons (Fsp3) is 0.647. The summed E-state index contributed by atoms with van der Waals surface area (Å²) < 4.78 is 11.9. The van der Waals surface area contributed by atoms with Gasteiger partial charge in [-0.2, -0.15) is 11.8 Å². The Hall–Kier alpha value is -0.870. The van der Waals surface area contributed by atoms with Gasteiger partial charge in [-0.15, -0.1) is 0 Å². The Labute approximate surface area is 131 Å². The maximum Gasteiger partial charge on any atom is 0.164 e. The smallest absolute Gasteiger partial charge is 0.164 e. The van der Waals surface area contributed by atoms with Gasteiger partial charge in [0, 0.05) is 11.8 Å². The number of thioether (sulfide) groups is 1. The van der Waals surface area contributed by atoms with Crippen molar-refractivity contribution >= 4 is 11.8 Å². The van der Waals surface area contributed by atoms with Gasteiger partial charge in [0.2, 0.25) is 0 Å². The summed E-state index contributed by atoms with van der Waals surface area (Å²) in [7, 11) is 1.73. The molecular formula is C17H25NO2S. The van der Waals surface area contributed by atoms with Gasteiger partial charge < -0.3 is 14.8 Å². The maximum absolute atomic E-state index is 6.35. The van der Waals surface area contributed by atoms with Crippen molar-refractivity contribution in [2.45, 2.75) is 44.2 Å². The Kier molecular flexibility index (Phi) is 5.31. The number of methoxy groups -OCH3 is 1. The highest BCUT2D eigenvalue weighted by Crippen LogP contribution is 2.35. The summed E-state index contributed by atoms with van der Waals surface area (Å²) in [4.78, 5) is 0. The standard InChI is InChI=1S/C17H25NO2S/c1-19-16-8-2-5-13(11-14-6-3-9-18-14)17(16)20-15-7-4-10-21-12-15/h2,5,8,14-15,18H,3-4,6-7,9-12H2,1H3. The van der Waals surface area contributed by atoms with Crippen LogP contribution in [0.2, 0.25) is 0 Å². The average molecular weight is 307 g/mol. The minimum Gasteiger partial charge on any atom is -0.493 e. The molecule has 2 aliphatic heterocycles. The fourth-order valence-electron chi connectivity index (χ4n) is 3.18. The molecule has 3 nitrogen and oxygen atoms in total. The van der Waals surface area contributed by atoms with Crippen LogP contribution in [0, 0.1) is 0 Å². The molecule has 1 aromatic carbocycles. The molecule has 116 valence electrons. The lowest BCUT2D eigenvalue weighted by Gasteiger charge is -2.25. The third-order valence-corrected chi connectivity index (χ3v) is 5.50. The summed E-state index contributed by atoms with van der Waals surface area (Å²) in [6.45, 7) is 1.14. The van der Waals surface area contributed by atoms with Crippen LogP contribution in [-0.2, 0) is 6.42 Å². The SMILES string of the molecule is COc1cccc(CC2CCCN2)c1OC1CCCSC1. The minimum atomic E-state index is 0.329. The summed E-state index contributed by atoms with van der Waals surface area (Å²) in [5, 5.41) is 3.57. The van der Waals surface area contributed by atoms with Crippen molar-refractivity contribution in [3.8, 4) is 11.5 Å². The van der Waals surface area contributed by atoms with E-state index in [-0.39, 0.29) is 0 Å². The van der Waals surface area contributed by atoms with E-state index in [0.29, 0.717) is 12.1 Å². The van der Waals surface area contributed by atoms with Gasteiger partial charge in [0.25, 0.3) is 0 Å². The molecule has 2 fully saturated rings. The van der Waals surface area contributed by atoms with Crippen molar-refractivity contribution in [3.63, 3.8) is 0 Å². The molecular weight excluding hydrogens is 282 g/mol. The molecule has 1 N–H and O–H groups in total. The summed E-state index contributed by atoms with van der Waals surface area (Å²) in [6, 6.07) is 6.86. The molecule has 0 radical (unpaired) electrons. The van der Waals surface area contributed by atoms with Gasteiger partial charge in [-0.1, -0.05) is 12.1 Å². The number of rotatable bonds is 5. The third-order valence-electron chi connectivity index (χ3n) is 4.31. The molecule has 0 bridgehead atoms. The van der Waals surface area contributed by atoms with E-state index in [1.807, 2.05) is 17.8 Å². The quantitative estimate of drug-likeness (QED) is 0.904. The van der Waals surface area contributed by atoms with Crippen LogP contribution in [-0.4, -0.2) is 37.3 Å². The number of para-hydroxylation sites is 1. The van der Waals surface area contributed by atoms with Crippen LogP contribution < -0.4 is 14.8 Å². The topological polar surface area (TPSA) is 30.5 Å². The van der Waals surface area contributed by atoms with Gasteiger partial charge >= 0.3 is 0 Å². The first-order chi connectivity index (χ1) is 10.4. The molecule has 0 aromatic heterocycles. The van der Waals surface area contributed by atoms with Crippen LogP contribution in [0.15, 0.2) is 18.2 Å². The lowest BCUT2D eigenvalue weighted by atomic mass is 10.0. The van der Waals surface area contributed by atoms with Crippen LogP contribution in [0.4, 0.5) is 0 Å². The zero-order valence-corrected chi connectivity index (χ0v) is 13.6. The Bertz CT molecular complexity index is 454. The van der Waals surface area contributed by atoms with Gasteiger partial charge in [0.05, 0.1) is 7.11 Å². The summed E-state index contributed by atoms with van der Waals surface area (Å²) >= 11 is 2.00. The number of hydrogen-bond donors (Lipinski definition) is 1. The van der Waals surface area contributed by atoms with Crippen molar-refractivity contribution in [1.82, 2.24) is 5.32 Å². The second kappa shape index (κ2) is 7.41. The average Bonchev–Trinajstić information content (AvgIpc) is 3.03. The molecule has 0 amide bonds. The summed E-state index contributed by atoms with van der Waals surface area (Å²) in [6.07, 6.45) is 6.32. The van der Waals surface area contributed by atoms with Crippen LogP contribution in [0.25, 0.3) is 0 Å². The van der Waals surface area contributed by atoms with Crippen LogP contribution in [0.3, 0.4) is 0 Å². The summed E-state index contributed by atoms with van der Waals surface area (Å²) in [5.74, 6) is 4.21.